The summed E-state index contributed by atoms with van der Waals surface area (Å²) in [5.41, 5.74) is 2.28. The van der Waals surface area contributed by atoms with Gasteiger partial charge in [-0.2, -0.15) is 22.0 Å². The number of fused-ring (bicyclic) bond motifs is 1. The van der Waals surface area contributed by atoms with Crippen LogP contribution in [0.2, 0.25) is 0 Å². The van der Waals surface area contributed by atoms with Gasteiger partial charge in [-0.3, -0.25) is 4.79 Å². The number of halogens is 5. The molecule has 0 saturated carbocycles. The Balaban J connectivity index is 2.74. The molecule has 0 bridgehead atoms. The molecule has 0 saturated heterocycles. The molecule has 0 unspecified atom stereocenters. The topological polar surface area (TPSA) is 71.8 Å². The van der Waals surface area contributed by atoms with Crippen molar-refractivity contribution in [2.75, 3.05) is 5.73 Å². The fourth-order valence-electron chi connectivity index (χ4n) is 1.46. The van der Waals surface area contributed by atoms with E-state index in [2.05, 4.69) is 4.98 Å². The van der Waals surface area contributed by atoms with Gasteiger partial charge in [0.15, 0.2) is 5.43 Å². The van der Waals surface area contributed by atoms with E-state index in [9.17, 15) is 26.7 Å². The van der Waals surface area contributed by atoms with Crippen molar-refractivity contribution >= 4 is 16.9 Å². The van der Waals surface area contributed by atoms with Crippen LogP contribution in [-0.2, 0) is 5.92 Å². The van der Waals surface area contributed by atoms with Crippen LogP contribution in [0.4, 0.5) is 27.8 Å². The lowest BCUT2D eigenvalue weighted by atomic mass is 10.1. The van der Waals surface area contributed by atoms with Crippen molar-refractivity contribution in [1.82, 2.24) is 9.97 Å². The number of hydrogen-bond acceptors (Lipinski definition) is 3. The second-order valence-corrected chi connectivity index (χ2v) is 3.75. The largest absolute Gasteiger partial charge is 0.459 e. The van der Waals surface area contributed by atoms with Gasteiger partial charge in [-0.1, -0.05) is 0 Å². The van der Waals surface area contributed by atoms with E-state index in [1.54, 1.807) is 4.98 Å². The van der Waals surface area contributed by atoms with Crippen LogP contribution in [0.1, 0.15) is 5.69 Å². The Kier molecular flexibility index (Phi) is 2.72. The second kappa shape index (κ2) is 3.90. The smallest absolute Gasteiger partial charge is 0.384 e. The number of pyridine rings is 2. The van der Waals surface area contributed by atoms with Gasteiger partial charge in [-0.05, 0) is 12.1 Å². The van der Waals surface area contributed by atoms with Crippen molar-refractivity contribution in [3.05, 3.63) is 34.1 Å². The summed E-state index contributed by atoms with van der Waals surface area (Å²) in [5, 5.41) is -0.129. The quantitative estimate of drug-likeness (QED) is 0.786. The normalized spacial score (nSPS) is 12.9. The number of nitrogen functional groups attached to an aromatic ring is 1. The number of H-pyrrole nitrogens is 1. The fourth-order valence-corrected chi connectivity index (χ4v) is 1.46. The number of alkyl halides is 5. The zero-order valence-electron chi connectivity index (χ0n) is 9.05. The number of nitrogens with one attached hydrogen (secondary N) is 1. The Labute approximate surface area is 102 Å². The zero-order chi connectivity index (χ0) is 14.4. The minimum absolute atomic E-state index is 0.115. The first-order valence-electron chi connectivity index (χ1n) is 4.87. The molecule has 9 heteroatoms. The summed E-state index contributed by atoms with van der Waals surface area (Å²) in [7, 11) is 0. The van der Waals surface area contributed by atoms with Crippen LogP contribution in [0, 0.1) is 0 Å². The predicted molar refractivity (Wildman–Crippen MR) is 56.7 cm³/mol. The molecule has 3 N–H and O–H groups in total. The Hall–Kier alpha value is -2.19. The average Bonchev–Trinajstić information content (AvgIpc) is 2.26. The Morgan fingerprint density at radius 3 is 2.37 bits per heavy atom. The number of rotatable bonds is 1. The molecule has 0 fully saturated rings. The molecule has 0 aromatic carbocycles. The molecule has 102 valence electrons. The van der Waals surface area contributed by atoms with Gasteiger partial charge in [0.05, 0.1) is 5.39 Å². The predicted octanol–water partition coefficient (Wildman–Crippen LogP) is 2.16. The number of aromatic nitrogens is 2. The van der Waals surface area contributed by atoms with Gasteiger partial charge in [0.2, 0.25) is 0 Å². The van der Waals surface area contributed by atoms with E-state index in [0.717, 1.165) is 0 Å². The Morgan fingerprint density at radius 1 is 1.16 bits per heavy atom. The van der Waals surface area contributed by atoms with Crippen LogP contribution >= 0.6 is 0 Å². The highest BCUT2D eigenvalue weighted by atomic mass is 19.4. The van der Waals surface area contributed by atoms with E-state index in [4.69, 9.17) is 5.73 Å². The Morgan fingerprint density at radius 2 is 1.79 bits per heavy atom. The molecule has 4 nitrogen and oxygen atoms in total. The molecule has 0 aliphatic rings. The van der Waals surface area contributed by atoms with Crippen molar-refractivity contribution in [3.63, 3.8) is 0 Å². The minimum Gasteiger partial charge on any atom is -0.384 e. The summed E-state index contributed by atoms with van der Waals surface area (Å²) in [6, 6.07) is 2.62. The first kappa shape index (κ1) is 13.2. The molecule has 0 amide bonds. The van der Waals surface area contributed by atoms with Crippen molar-refractivity contribution in [2.24, 2.45) is 0 Å². The summed E-state index contributed by atoms with van der Waals surface area (Å²) in [6.07, 6.45) is -5.82. The number of nitrogens with two attached hydrogens (primary N) is 1. The van der Waals surface area contributed by atoms with Gasteiger partial charge >= 0.3 is 12.1 Å². The third-order valence-electron chi connectivity index (χ3n) is 2.41. The maximum absolute atomic E-state index is 13.1. The summed E-state index contributed by atoms with van der Waals surface area (Å²) >= 11 is 0. The van der Waals surface area contributed by atoms with E-state index in [0.29, 0.717) is 0 Å². The van der Waals surface area contributed by atoms with Crippen molar-refractivity contribution in [2.45, 2.75) is 12.1 Å². The van der Waals surface area contributed by atoms with Crippen LogP contribution in [-0.4, -0.2) is 16.1 Å². The van der Waals surface area contributed by atoms with Gasteiger partial charge in [-0.15, -0.1) is 0 Å². The molecule has 0 spiro atoms. The SMILES string of the molecule is Nc1ccc2c(=O)cc(C(F)(F)C(F)(F)F)[nH]c2n1. The number of aromatic amines is 1. The molecule has 2 aromatic rings. The van der Waals surface area contributed by atoms with E-state index >= 15 is 0 Å². The van der Waals surface area contributed by atoms with Crippen LogP contribution in [0.25, 0.3) is 11.0 Å². The highest BCUT2D eigenvalue weighted by Gasteiger charge is 2.59. The first-order valence-corrected chi connectivity index (χ1v) is 4.87. The molecule has 0 aliphatic heterocycles. The van der Waals surface area contributed by atoms with Gasteiger partial charge in [-0.25, -0.2) is 4.98 Å². The van der Waals surface area contributed by atoms with Gasteiger partial charge in [0.1, 0.15) is 17.2 Å². The van der Waals surface area contributed by atoms with Crippen LogP contribution in [0.5, 0.6) is 0 Å². The van der Waals surface area contributed by atoms with E-state index in [1.807, 2.05) is 0 Å². The summed E-state index contributed by atoms with van der Waals surface area (Å²) in [6.45, 7) is 0. The molecule has 0 aliphatic carbocycles. The fraction of sp³-hybridized carbons (Fsp3) is 0.200. The highest BCUT2D eigenvalue weighted by Crippen LogP contribution is 2.42. The van der Waals surface area contributed by atoms with Crippen LogP contribution in [0.3, 0.4) is 0 Å². The molecule has 19 heavy (non-hydrogen) atoms. The van der Waals surface area contributed by atoms with E-state index in [-0.39, 0.29) is 17.3 Å². The van der Waals surface area contributed by atoms with E-state index in [1.165, 1.54) is 12.1 Å². The zero-order valence-corrected chi connectivity index (χ0v) is 9.05. The molecule has 0 atom stereocenters. The maximum atomic E-state index is 13.1. The third-order valence-corrected chi connectivity index (χ3v) is 2.41. The molecule has 0 radical (unpaired) electrons. The van der Waals surface area contributed by atoms with Crippen molar-refractivity contribution in [3.8, 4) is 0 Å². The lowest BCUT2D eigenvalue weighted by Crippen LogP contribution is -2.35. The maximum Gasteiger partial charge on any atom is 0.459 e. The average molecular weight is 279 g/mol. The molecule has 2 aromatic heterocycles. The number of anilines is 1. The number of nitrogens with zero attached hydrogens (tertiary/aromatic N) is 1. The molecular weight excluding hydrogens is 273 g/mol. The van der Waals surface area contributed by atoms with Crippen molar-refractivity contribution < 1.29 is 22.0 Å². The van der Waals surface area contributed by atoms with E-state index < -0.39 is 28.9 Å². The second-order valence-electron chi connectivity index (χ2n) is 3.75. The summed E-state index contributed by atoms with van der Waals surface area (Å²) in [4.78, 5) is 16.8. The molecule has 2 heterocycles. The van der Waals surface area contributed by atoms with Gasteiger partial charge in [0.25, 0.3) is 0 Å². The third kappa shape index (κ3) is 2.11. The molecule has 2 rings (SSSR count). The Bertz CT molecular complexity index is 692. The first-order chi connectivity index (χ1) is 8.63. The monoisotopic (exact) mass is 279 g/mol. The standard InChI is InChI=1S/C10H6F5N3O/c11-9(12,10(13,14)15)6-3-5(19)4-1-2-7(16)18-8(4)17-6/h1-3H,(H3,16,17,18,19). The lowest BCUT2D eigenvalue weighted by Gasteiger charge is -2.19. The van der Waals surface area contributed by atoms with Gasteiger partial charge < -0.3 is 10.7 Å². The number of hydrogen-bond donors (Lipinski definition) is 2. The highest BCUT2D eigenvalue weighted by molar-refractivity contribution is 5.76. The summed E-state index contributed by atoms with van der Waals surface area (Å²) < 4.78 is 62.9. The summed E-state index contributed by atoms with van der Waals surface area (Å²) in [5.74, 6) is -5.29. The lowest BCUT2D eigenvalue weighted by molar-refractivity contribution is -0.290. The van der Waals surface area contributed by atoms with Crippen molar-refractivity contribution in [1.29, 1.82) is 0 Å². The minimum atomic E-state index is -5.82. The van der Waals surface area contributed by atoms with Crippen LogP contribution < -0.4 is 11.2 Å². The van der Waals surface area contributed by atoms with Crippen LogP contribution in [0.15, 0.2) is 23.0 Å². The van der Waals surface area contributed by atoms with Gasteiger partial charge in [0, 0.05) is 6.07 Å². The molecular formula is C10H6F5N3O.